The van der Waals surface area contributed by atoms with Crippen molar-refractivity contribution in [1.82, 2.24) is 9.80 Å². The summed E-state index contributed by atoms with van der Waals surface area (Å²) in [5, 5.41) is 2.97. The molecule has 2 aromatic rings. The number of carbonyl (C=O) groups excluding carboxylic acids is 2. The van der Waals surface area contributed by atoms with Crippen molar-refractivity contribution >= 4 is 17.6 Å². The molecule has 6 nitrogen and oxygen atoms in total. The quantitative estimate of drug-likeness (QED) is 0.875. The molecule has 0 aliphatic carbocycles. The second-order valence-corrected chi connectivity index (χ2v) is 7.26. The smallest absolute Gasteiger partial charge is 0.322 e. The number of hydrogen-bond donors (Lipinski definition) is 1. The lowest BCUT2D eigenvalue weighted by Crippen LogP contribution is -2.38. The van der Waals surface area contributed by atoms with Crippen LogP contribution in [0.4, 0.5) is 10.5 Å². The molecular weight excluding hydrogens is 354 g/mol. The molecule has 1 aliphatic heterocycles. The average molecular weight is 381 g/mol. The van der Waals surface area contributed by atoms with Gasteiger partial charge < -0.3 is 19.9 Å². The van der Waals surface area contributed by atoms with Crippen LogP contribution in [0.25, 0.3) is 0 Å². The first-order chi connectivity index (χ1) is 13.3. The van der Waals surface area contributed by atoms with E-state index in [2.05, 4.69) is 5.32 Å². The molecule has 28 heavy (non-hydrogen) atoms. The molecule has 0 aromatic heterocycles. The van der Waals surface area contributed by atoms with E-state index in [-0.39, 0.29) is 18.0 Å². The minimum Gasteiger partial charge on any atom is -0.491 e. The number of hydrogen-bond acceptors (Lipinski definition) is 3. The highest BCUT2D eigenvalue weighted by Crippen LogP contribution is 2.33. The van der Waals surface area contributed by atoms with Crippen molar-refractivity contribution in [1.29, 1.82) is 0 Å². The van der Waals surface area contributed by atoms with Gasteiger partial charge in [0.15, 0.2) is 0 Å². The number of urea groups is 1. The van der Waals surface area contributed by atoms with Gasteiger partial charge in [-0.05, 0) is 43.7 Å². The van der Waals surface area contributed by atoms with Crippen LogP contribution >= 0.6 is 0 Å². The lowest BCUT2D eigenvalue weighted by atomic mass is 10.0. The Labute approximate surface area is 166 Å². The molecule has 0 saturated heterocycles. The van der Waals surface area contributed by atoms with Crippen molar-refractivity contribution in [2.24, 2.45) is 0 Å². The summed E-state index contributed by atoms with van der Waals surface area (Å²) in [4.78, 5) is 27.9. The third-order valence-electron chi connectivity index (χ3n) is 5.10. The summed E-state index contributed by atoms with van der Waals surface area (Å²) >= 11 is 0. The number of benzene rings is 2. The van der Waals surface area contributed by atoms with Gasteiger partial charge in [-0.3, -0.25) is 4.79 Å². The molecule has 0 bridgehead atoms. The molecule has 1 atom stereocenters. The third kappa shape index (κ3) is 4.44. The van der Waals surface area contributed by atoms with E-state index in [0.29, 0.717) is 19.7 Å². The molecule has 1 aliphatic rings. The topological polar surface area (TPSA) is 61.9 Å². The minimum absolute atomic E-state index is 0.0124. The van der Waals surface area contributed by atoms with Crippen LogP contribution in [0.15, 0.2) is 42.5 Å². The molecule has 6 heteroatoms. The van der Waals surface area contributed by atoms with Gasteiger partial charge in [0.1, 0.15) is 12.4 Å². The van der Waals surface area contributed by atoms with E-state index in [4.69, 9.17) is 4.74 Å². The fourth-order valence-corrected chi connectivity index (χ4v) is 3.26. The van der Waals surface area contributed by atoms with Gasteiger partial charge in [-0.1, -0.05) is 23.8 Å². The Balaban J connectivity index is 1.80. The van der Waals surface area contributed by atoms with Crippen LogP contribution in [0.5, 0.6) is 5.75 Å². The lowest BCUT2D eigenvalue weighted by molar-refractivity contribution is -0.128. The third-order valence-corrected chi connectivity index (χ3v) is 5.10. The highest BCUT2D eigenvalue weighted by Gasteiger charge is 2.27. The number of fused-ring (bicyclic) bond motifs is 1. The van der Waals surface area contributed by atoms with E-state index in [0.717, 1.165) is 28.1 Å². The maximum Gasteiger partial charge on any atom is 0.322 e. The fourth-order valence-electron chi connectivity index (χ4n) is 3.26. The molecule has 0 unspecified atom stereocenters. The van der Waals surface area contributed by atoms with Crippen LogP contribution in [-0.4, -0.2) is 41.9 Å². The number of ether oxygens (including phenoxy) is 1. The van der Waals surface area contributed by atoms with Gasteiger partial charge in [-0.25, -0.2) is 4.79 Å². The number of carbonyl (C=O) groups is 2. The van der Waals surface area contributed by atoms with Gasteiger partial charge >= 0.3 is 6.03 Å². The normalized spacial score (nSPS) is 15.9. The van der Waals surface area contributed by atoms with Gasteiger partial charge in [0.2, 0.25) is 5.91 Å². The first-order valence-electron chi connectivity index (χ1n) is 9.47. The van der Waals surface area contributed by atoms with Crippen molar-refractivity contribution in [2.45, 2.75) is 33.4 Å². The summed E-state index contributed by atoms with van der Waals surface area (Å²) in [7, 11) is 1.77. The molecule has 3 amide bonds. The van der Waals surface area contributed by atoms with Crippen LogP contribution in [0.1, 0.15) is 36.6 Å². The predicted molar refractivity (Wildman–Crippen MR) is 109 cm³/mol. The largest absolute Gasteiger partial charge is 0.491 e. The van der Waals surface area contributed by atoms with Crippen LogP contribution in [0.3, 0.4) is 0 Å². The standard InChI is InChI=1S/C22H27N3O3/c1-15-5-8-19(9-6-15)23-22(27)25-11-12-28-21-10-7-18(13-20(21)16(25)2)14-24(4)17(3)26/h5-10,13,16H,11-12,14H2,1-4H3,(H,23,27)/t16-/m0/s1. The molecule has 0 fully saturated rings. The summed E-state index contributed by atoms with van der Waals surface area (Å²) in [6.07, 6.45) is 0. The van der Waals surface area contributed by atoms with E-state index in [1.54, 1.807) is 23.8 Å². The Morgan fingerprint density at radius 3 is 2.61 bits per heavy atom. The van der Waals surface area contributed by atoms with Gasteiger partial charge in [-0.2, -0.15) is 0 Å². The van der Waals surface area contributed by atoms with E-state index in [1.165, 1.54) is 0 Å². The number of rotatable bonds is 3. The predicted octanol–water partition coefficient (Wildman–Crippen LogP) is 3.96. The van der Waals surface area contributed by atoms with E-state index in [1.807, 2.05) is 56.3 Å². The molecule has 148 valence electrons. The highest BCUT2D eigenvalue weighted by molar-refractivity contribution is 5.89. The first kappa shape index (κ1) is 19.7. The Bertz CT molecular complexity index is 864. The summed E-state index contributed by atoms with van der Waals surface area (Å²) < 4.78 is 5.87. The number of nitrogens with one attached hydrogen (secondary N) is 1. The first-order valence-corrected chi connectivity index (χ1v) is 9.47. The Kier molecular flexibility index (Phi) is 5.87. The number of amides is 3. The average Bonchev–Trinajstić information content (AvgIpc) is 2.82. The van der Waals surface area contributed by atoms with Gasteiger partial charge in [0, 0.05) is 31.8 Å². The molecule has 0 saturated carbocycles. The van der Waals surface area contributed by atoms with Crippen molar-refractivity contribution in [3.05, 3.63) is 59.2 Å². The second-order valence-electron chi connectivity index (χ2n) is 7.26. The van der Waals surface area contributed by atoms with E-state index in [9.17, 15) is 9.59 Å². The number of anilines is 1. The molecule has 1 N–H and O–H groups in total. The van der Waals surface area contributed by atoms with E-state index >= 15 is 0 Å². The second kappa shape index (κ2) is 8.33. The summed E-state index contributed by atoms with van der Waals surface area (Å²) in [6, 6.07) is 13.4. The highest BCUT2D eigenvalue weighted by atomic mass is 16.5. The summed E-state index contributed by atoms with van der Waals surface area (Å²) in [6.45, 7) is 7.01. The van der Waals surface area contributed by atoms with Crippen LogP contribution < -0.4 is 10.1 Å². The fraction of sp³-hybridized carbons (Fsp3) is 0.364. The minimum atomic E-state index is -0.154. The zero-order valence-electron chi connectivity index (χ0n) is 16.9. The Morgan fingerprint density at radius 2 is 1.93 bits per heavy atom. The Morgan fingerprint density at radius 1 is 1.21 bits per heavy atom. The van der Waals surface area contributed by atoms with E-state index < -0.39 is 0 Å². The molecule has 0 spiro atoms. The number of nitrogens with zero attached hydrogens (tertiary/aromatic N) is 2. The monoisotopic (exact) mass is 381 g/mol. The summed E-state index contributed by atoms with van der Waals surface area (Å²) in [5.41, 5.74) is 3.87. The molecule has 2 aromatic carbocycles. The van der Waals surface area contributed by atoms with Crippen molar-refractivity contribution in [3.8, 4) is 5.75 Å². The van der Waals surface area contributed by atoms with Crippen molar-refractivity contribution in [2.75, 3.05) is 25.5 Å². The summed E-state index contributed by atoms with van der Waals surface area (Å²) in [5.74, 6) is 0.797. The molecule has 1 heterocycles. The van der Waals surface area contributed by atoms with Crippen molar-refractivity contribution < 1.29 is 14.3 Å². The van der Waals surface area contributed by atoms with Gasteiger partial charge in [0.25, 0.3) is 0 Å². The number of aryl methyl sites for hydroxylation is 1. The zero-order valence-corrected chi connectivity index (χ0v) is 16.9. The zero-order chi connectivity index (χ0) is 20.3. The van der Waals surface area contributed by atoms with Gasteiger partial charge in [-0.15, -0.1) is 0 Å². The maximum atomic E-state index is 12.9. The Hall–Kier alpha value is -3.02. The molecule has 0 radical (unpaired) electrons. The SMILES string of the molecule is CC(=O)N(C)Cc1ccc2c(c1)[C@H](C)N(C(=O)Nc1ccc(C)cc1)CCO2. The van der Waals surface area contributed by atoms with Crippen LogP contribution in [-0.2, 0) is 11.3 Å². The molecule has 3 rings (SSSR count). The van der Waals surface area contributed by atoms with Crippen LogP contribution in [0, 0.1) is 6.92 Å². The van der Waals surface area contributed by atoms with Gasteiger partial charge in [0.05, 0.1) is 12.6 Å². The lowest BCUT2D eigenvalue weighted by Gasteiger charge is -2.27. The molecular formula is C22H27N3O3. The maximum absolute atomic E-state index is 12.9. The van der Waals surface area contributed by atoms with Crippen molar-refractivity contribution in [3.63, 3.8) is 0 Å². The van der Waals surface area contributed by atoms with Crippen LogP contribution in [0.2, 0.25) is 0 Å².